The normalized spacial score (nSPS) is 11.9. The van der Waals surface area contributed by atoms with Gasteiger partial charge in [0.15, 0.2) is 5.17 Å². The Morgan fingerprint density at radius 3 is 2.73 bits per heavy atom. The Morgan fingerprint density at radius 1 is 1.47 bits per heavy atom. The summed E-state index contributed by atoms with van der Waals surface area (Å²) in [6, 6.07) is 6.36. The molecule has 0 amide bonds. The van der Waals surface area contributed by atoms with Crippen LogP contribution < -0.4 is 5.32 Å². The van der Waals surface area contributed by atoms with Gasteiger partial charge < -0.3 is 5.32 Å². The van der Waals surface area contributed by atoms with Crippen molar-refractivity contribution in [2.75, 3.05) is 12.4 Å². The van der Waals surface area contributed by atoms with Gasteiger partial charge in [-0.15, -0.1) is 0 Å². The van der Waals surface area contributed by atoms with E-state index in [1.54, 1.807) is 24.9 Å². The molecule has 0 spiro atoms. The summed E-state index contributed by atoms with van der Waals surface area (Å²) < 4.78 is 12.9. The van der Waals surface area contributed by atoms with Crippen LogP contribution in [-0.2, 0) is 0 Å². The molecule has 1 aromatic carbocycles. The number of thioether (sulfide) groups is 1. The van der Waals surface area contributed by atoms with Crippen molar-refractivity contribution in [3.63, 3.8) is 0 Å². The Hall–Kier alpha value is -1.03. The lowest BCUT2D eigenvalue weighted by atomic mass is 10.3. The van der Waals surface area contributed by atoms with Crippen LogP contribution >= 0.6 is 11.8 Å². The van der Waals surface area contributed by atoms with Crippen molar-refractivity contribution in [2.45, 2.75) is 19.1 Å². The van der Waals surface area contributed by atoms with Gasteiger partial charge in [0.05, 0.1) is 0 Å². The summed E-state index contributed by atoms with van der Waals surface area (Å²) in [5.41, 5.74) is 0.726. The Bertz CT molecular complexity index is 350. The third kappa shape index (κ3) is 4.34. The number of hydrogen-bond acceptors (Lipinski definition) is 2. The first-order valence-electron chi connectivity index (χ1n) is 4.78. The van der Waals surface area contributed by atoms with Crippen molar-refractivity contribution >= 4 is 22.6 Å². The zero-order valence-corrected chi connectivity index (χ0v) is 9.94. The first-order chi connectivity index (χ1) is 7.11. The monoisotopic (exact) mass is 226 g/mol. The highest BCUT2D eigenvalue weighted by molar-refractivity contribution is 8.14. The van der Waals surface area contributed by atoms with Gasteiger partial charge in [0.1, 0.15) is 5.82 Å². The molecule has 0 atom stereocenters. The highest BCUT2D eigenvalue weighted by Crippen LogP contribution is 2.16. The third-order valence-electron chi connectivity index (χ3n) is 1.63. The zero-order valence-electron chi connectivity index (χ0n) is 9.12. The lowest BCUT2D eigenvalue weighted by Crippen LogP contribution is -2.10. The fraction of sp³-hybridized carbons (Fsp3) is 0.364. The van der Waals surface area contributed by atoms with Crippen LogP contribution in [0.2, 0.25) is 0 Å². The predicted molar refractivity (Wildman–Crippen MR) is 66.1 cm³/mol. The van der Waals surface area contributed by atoms with Gasteiger partial charge in [-0.1, -0.05) is 31.7 Å². The van der Waals surface area contributed by atoms with Crippen LogP contribution in [0.25, 0.3) is 0 Å². The highest BCUT2D eigenvalue weighted by Gasteiger charge is 2.03. The van der Waals surface area contributed by atoms with E-state index in [0.29, 0.717) is 5.25 Å². The number of hydrogen-bond donors (Lipinski definition) is 1. The van der Waals surface area contributed by atoms with Crippen LogP contribution in [0.5, 0.6) is 0 Å². The van der Waals surface area contributed by atoms with E-state index < -0.39 is 0 Å². The molecule has 0 unspecified atom stereocenters. The maximum Gasteiger partial charge on any atom is 0.161 e. The smallest absolute Gasteiger partial charge is 0.161 e. The number of amidine groups is 1. The molecule has 0 aliphatic heterocycles. The van der Waals surface area contributed by atoms with Gasteiger partial charge in [0.25, 0.3) is 0 Å². The van der Waals surface area contributed by atoms with Crippen LogP contribution in [0.3, 0.4) is 0 Å². The summed E-state index contributed by atoms with van der Waals surface area (Å²) in [5.74, 6) is -0.245. The Balaban J connectivity index is 2.67. The van der Waals surface area contributed by atoms with E-state index in [2.05, 4.69) is 24.2 Å². The summed E-state index contributed by atoms with van der Waals surface area (Å²) in [6.45, 7) is 4.17. The van der Waals surface area contributed by atoms with Gasteiger partial charge in [-0.05, 0) is 18.2 Å². The first kappa shape index (κ1) is 12.0. The van der Waals surface area contributed by atoms with E-state index in [1.165, 1.54) is 12.1 Å². The Labute approximate surface area is 94.0 Å². The van der Waals surface area contributed by atoms with Crippen LogP contribution in [0.15, 0.2) is 29.3 Å². The Morgan fingerprint density at radius 2 is 2.20 bits per heavy atom. The van der Waals surface area contributed by atoms with E-state index >= 15 is 0 Å². The largest absolute Gasteiger partial charge is 0.335 e. The van der Waals surface area contributed by atoms with Crippen LogP contribution in [0, 0.1) is 5.82 Å². The standard InChI is InChI=1S/C11H15FN2S/c1-8(2)15-11(13-3)14-10-6-4-5-9(12)7-10/h4-8H,1-3H3,(H,13,14). The maximum absolute atomic E-state index is 12.9. The first-order valence-corrected chi connectivity index (χ1v) is 5.66. The van der Waals surface area contributed by atoms with Gasteiger partial charge in [0.2, 0.25) is 0 Å². The minimum absolute atomic E-state index is 0.245. The zero-order chi connectivity index (χ0) is 11.3. The number of nitrogens with one attached hydrogen (secondary N) is 1. The minimum atomic E-state index is -0.245. The van der Waals surface area contributed by atoms with E-state index in [1.807, 2.05) is 6.07 Å². The molecule has 0 aliphatic rings. The summed E-state index contributed by atoms with van der Waals surface area (Å²) >= 11 is 1.62. The van der Waals surface area contributed by atoms with Gasteiger partial charge >= 0.3 is 0 Å². The summed E-state index contributed by atoms with van der Waals surface area (Å²) in [6.07, 6.45) is 0. The molecule has 1 aromatic rings. The molecule has 0 heterocycles. The molecule has 1 rings (SSSR count). The van der Waals surface area contributed by atoms with Crippen molar-refractivity contribution in [1.29, 1.82) is 0 Å². The summed E-state index contributed by atoms with van der Waals surface area (Å²) in [4.78, 5) is 4.10. The minimum Gasteiger partial charge on any atom is -0.335 e. The second kappa shape index (κ2) is 5.75. The predicted octanol–water partition coefficient (Wildman–Crippen LogP) is 3.37. The molecular formula is C11H15FN2S. The second-order valence-corrected chi connectivity index (χ2v) is 4.90. The molecule has 0 aliphatic carbocycles. The molecular weight excluding hydrogens is 211 g/mol. The molecule has 1 N–H and O–H groups in total. The molecule has 82 valence electrons. The van der Waals surface area contributed by atoms with Gasteiger partial charge in [0, 0.05) is 18.0 Å². The highest BCUT2D eigenvalue weighted by atomic mass is 32.2. The molecule has 0 fully saturated rings. The second-order valence-electron chi connectivity index (χ2n) is 3.33. The van der Waals surface area contributed by atoms with Crippen molar-refractivity contribution in [1.82, 2.24) is 0 Å². The molecule has 0 saturated heterocycles. The number of halogens is 1. The molecule has 2 nitrogen and oxygen atoms in total. The fourth-order valence-corrected chi connectivity index (χ4v) is 1.78. The number of aliphatic imine (C=N–C) groups is 1. The lowest BCUT2D eigenvalue weighted by Gasteiger charge is -2.10. The van der Waals surface area contributed by atoms with Crippen LogP contribution in [0.4, 0.5) is 10.1 Å². The van der Waals surface area contributed by atoms with Gasteiger partial charge in [-0.2, -0.15) is 0 Å². The topological polar surface area (TPSA) is 24.4 Å². The average Bonchev–Trinajstić information content (AvgIpc) is 2.16. The fourth-order valence-electron chi connectivity index (χ4n) is 1.05. The van der Waals surface area contributed by atoms with Crippen molar-refractivity contribution in [2.24, 2.45) is 4.99 Å². The molecule has 4 heteroatoms. The number of benzene rings is 1. The lowest BCUT2D eigenvalue weighted by molar-refractivity contribution is 0.628. The quantitative estimate of drug-likeness (QED) is 0.617. The average molecular weight is 226 g/mol. The molecule has 0 bridgehead atoms. The molecule has 0 saturated carbocycles. The SMILES string of the molecule is CN=C(Nc1cccc(F)c1)SC(C)C. The maximum atomic E-state index is 12.9. The van der Waals surface area contributed by atoms with Crippen molar-refractivity contribution in [3.8, 4) is 0 Å². The van der Waals surface area contributed by atoms with Gasteiger partial charge in [-0.3, -0.25) is 4.99 Å². The number of anilines is 1. The third-order valence-corrected chi connectivity index (χ3v) is 2.61. The summed E-state index contributed by atoms with van der Waals surface area (Å²) in [7, 11) is 1.72. The Kier molecular flexibility index (Phi) is 4.62. The number of rotatable bonds is 2. The van der Waals surface area contributed by atoms with E-state index in [-0.39, 0.29) is 5.82 Å². The molecule has 0 aromatic heterocycles. The number of nitrogens with zero attached hydrogens (tertiary/aromatic N) is 1. The van der Waals surface area contributed by atoms with E-state index in [0.717, 1.165) is 10.9 Å². The van der Waals surface area contributed by atoms with Gasteiger partial charge in [-0.25, -0.2) is 4.39 Å². The molecule has 0 radical (unpaired) electrons. The van der Waals surface area contributed by atoms with Crippen LogP contribution in [0.1, 0.15) is 13.8 Å². The summed E-state index contributed by atoms with van der Waals surface area (Å²) in [5, 5.41) is 4.32. The van der Waals surface area contributed by atoms with Crippen LogP contribution in [-0.4, -0.2) is 17.5 Å². The van der Waals surface area contributed by atoms with Crippen molar-refractivity contribution < 1.29 is 4.39 Å². The van der Waals surface area contributed by atoms with E-state index in [9.17, 15) is 4.39 Å². The van der Waals surface area contributed by atoms with E-state index in [4.69, 9.17) is 0 Å². The molecule has 15 heavy (non-hydrogen) atoms. The van der Waals surface area contributed by atoms with Crippen molar-refractivity contribution in [3.05, 3.63) is 30.1 Å².